The van der Waals surface area contributed by atoms with Gasteiger partial charge in [0.25, 0.3) is 5.56 Å². The number of pyridine rings is 1. The molecule has 1 aromatic rings. The van der Waals surface area contributed by atoms with E-state index < -0.39 is 0 Å². The van der Waals surface area contributed by atoms with Crippen LogP contribution in [0.1, 0.15) is 49.3 Å². The van der Waals surface area contributed by atoms with E-state index in [1.165, 1.54) is 12.0 Å². The van der Waals surface area contributed by atoms with Gasteiger partial charge in [-0.3, -0.25) is 4.79 Å². The van der Waals surface area contributed by atoms with Crippen molar-refractivity contribution < 1.29 is 0 Å². The van der Waals surface area contributed by atoms with E-state index >= 15 is 0 Å². The minimum absolute atomic E-state index is 0.0957. The lowest BCUT2D eigenvalue weighted by atomic mass is 9.90. The van der Waals surface area contributed by atoms with Crippen LogP contribution in [-0.2, 0) is 19.4 Å². The van der Waals surface area contributed by atoms with Gasteiger partial charge in [-0.1, -0.05) is 13.3 Å². The van der Waals surface area contributed by atoms with Crippen LogP contribution >= 0.6 is 0 Å². The number of fused-ring (bicyclic) bond motifs is 1. The molecular formula is C14H18N2O. The maximum absolute atomic E-state index is 12.1. The van der Waals surface area contributed by atoms with Crippen molar-refractivity contribution in [2.45, 2.75) is 52.0 Å². The largest absolute Gasteiger partial charge is 0.314 e. The van der Waals surface area contributed by atoms with Gasteiger partial charge in [-0.05, 0) is 43.2 Å². The van der Waals surface area contributed by atoms with Crippen LogP contribution in [0, 0.1) is 11.3 Å². The molecular weight excluding hydrogens is 212 g/mol. The number of unbranched alkanes of at least 4 members (excludes halogenated alkanes) is 1. The van der Waals surface area contributed by atoms with Crippen molar-refractivity contribution >= 4 is 0 Å². The van der Waals surface area contributed by atoms with Crippen LogP contribution in [-0.4, -0.2) is 4.57 Å². The predicted octanol–water partition coefficient (Wildman–Crippen LogP) is 2.40. The third-order valence-corrected chi connectivity index (χ3v) is 3.46. The maximum Gasteiger partial charge on any atom is 0.268 e. The Morgan fingerprint density at radius 1 is 1.41 bits per heavy atom. The molecule has 1 aliphatic rings. The Labute approximate surface area is 102 Å². The van der Waals surface area contributed by atoms with Gasteiger partial charge in [0, 0.05) is 12.7 Å². The third kappa shape index (κ3) is 2.26. The number of rotatable bonds is 3. The predicted molar refractivity (Wildman–Crippen MR) is 67.0 cm³/mol. The molecule has 0 saturated heterocycles. The standard InChI is InChI=1S/C14H18N2O/c1-2-3-8-16-10-11-6-4-5-7-12(11)13(9-15)14(16)17/h10H,2-8H2,1H3. The van der Waals surface area contributed by atoms with Crippen molar-refractivity contribution in [2.24, 2.45) is 0 Å². The van der Waals surface area contributed by atoms with Crippen LogP contribution in [0.25, 0.3) is 0 Å². The number of aromatic nitrogens is 1. The molecule has 0 aromatic carbocycles. The Balaban J connectivity index is 2.49. The molecule has 1 aromatic heterocycles. The van der Waals surface area contributed by atoms with E-state index in [9.17, 15) is 4.79 Å². The van der Waals surface area contributed by atoms with Crippen LogP contribution in [0.3, 0.4) is 0 Å². The zero-order valence-corrected chi connectivity index (χ0v) is 10.3. The van der Waals surface area contributed by atoms with E-state index in [1.54, 1.807) is 4.57 Å². The number of nitriles is 1. The second kappa shape index (κ2) is 5.18. The fraction of sp³-hybridized carbons (Fsp3) is 0.571. The first-order valence-corrected chi connectivity index (χ1v) is 6.43. The Bertz CT molecular complexity index is 508. The zero-order valence-electron chi connectivity index (χ0n) is 10.3. The average molecular weight is 230 g/mol. The molecule has 2 rings (SSSR count). The van der Waals surface area contributed by atoms with Crippen molar-refractivity contribution in [1.82, 2.24) is 4.57 Å². The molecule has 0 amide bonds. The van der Waals surface area contributed by atoms with Crippen LogP contribution in [0.2, 0.25) is 0 Å². The monoisotopic (exact) mass is 230 g/mol. The molecule has 0 aliphatic heterocycles. The highest BCUT2D eigenvalue weighted by Crippen LogP contribution is 2.22. The van der Waals surface area contributed by atoms with E-state index in [4.69, 9.17) is 5.26 Å². The summed E-state index contributed by atoms with van der Waals surface area (Å²) in [7, 11) is 0. The van der Waals surface area contributed by atoms with E-state index in [1.807, 2.05) is 6.20 Å². The SMILES string of the molecule is CCCCn1cc2c(c(C#N)c1=O)CCCC2. The lowest BCUT2D eigenvalue weighted by Gasteiger charge is -2.18. The molecule has 3 nitrogen and oxygen atoms in total. The minimum Gasteiger partial charge on any atom is -0.314 e. The first kappa shape index (κ1) is 11.9. The lowest BCUT2D eigenvalue weighted by molar-refractivity contribution is 0.593. The van der Waals surface area contributed by atoms with Gasteiger partial charge in [0.1, 0.15) is 11.6 Å². The molecule has 0 fully saturated rings. The minimum atomic E-state index is -0.0957. The Morgan fingerprint density at radius 3 is 2.88 bits per heavy atom. The summed E-state index contributed by atoms with van der Waals surface area (Å²) in [6, 6.07) is 2.11. The smallest absolute Gasteiger partial charge is 0.268 e. The third-order valence-electron chi connectivity index (χ3n) is 3.46. The molecule has 0 N–H and O–H groups in total. The van der Waals surface area contributed by atoms with Gasteiger partial charge in [0.05, 0.1) is 0 Å². The highest BCUT2D eigenvalue weighted by atomic mass is 16.1. The van der Waals surface area contributed by atoms with Crippen LogP contribution < -0.4 is 5.56 Å². The van der Waals surface area contributed by atoms with Crippen LogP contribution in [0.15, 0.2) is 11.0 Å². The van der Waals surface area contributed by atoms with Crippen molar-refractivity contribution in [3.05, 3.63) is 33.2 Å². The highest BCUT2D eigenvalue weighted by molar-refractivity contribution is 5.41. The van der Waals surface area contributed by atoms with Crippen LogP contribution in [0.4, 0.5) is 0 Å². The Hall–Kier alpha value is -1.56. The van der Waals surface area contributed by atoms with Crippen LogP contribution in [0.5, 0.6) is 0 Å². The van der Waals surface area contributed by atoms with Gasteiger partial charge in [-0.25, -0.2) is 0 Å². The Kier molecular flexibility index (Phi) is 3.63. The molecule has 0 bridgehead atoms. The van der Waals surface area contributed by atoms with Gasteiger partial charge < -0.3 is 4.57 Å². The number of nitrogens with zero attached hydrogens (tertiary/aromatic N) is 2. The summed E-state index contributed by atoms with van der Waals surface area (Å²) in [4.78, 5) is 12.1. The Morgan fingerprint density at radius 2 is 2.18 bits per heavy atom. The number of aryl methyl sites for hydroxylation is 2. The second-order valence-corrected chi connectivity index (χ2v) is 4.68. The first-order valence-electron chi connectivity index (χ1n) is 6.43. The molecule has 90 valence electrons. The van der Waals surface area contributed by atoms with E-state index in [0.29, 0.717) is 5.56 Å². The van der Waals surface area contributed by atoms with Gasteiger partial charge in [0.2, 0.25) is 0 Å². The summed E-state index contributed by atoms with van der Waals surface area (Å²) in [6.45, 7) is 2.84. The quantitative estimate of drug-likeness (QED) is 0.800. The van der Waals surface area contributed by atoms with Gasteiger partial charge in [0.15, 0.2) is 0 Å². The summed E-state index contributed by atoms with van der Waals surface area (Å²) >= 11 is 0. The van der Waals surface area contributed by atoms with E-state index in [0.717, 1.165) is 44.2 Å². The second-order valence-electron chi connectivity index (χ2n) is 4.68. The summed E-state index contributed by atoms with van der Waals surface area (Å²) in [6.07, 6.45) is 8.20. The van der Waals surface area contributed by atoms with Crippen molar-refractivity contribution in [3.63, 3.8) is 0 Å². The normalized spacial score (nSPS) is 14.1. The van der Waals surface area contributed by atoms with Crippen molar-refractivity contribution in [2.75, 3.05) is 0 Å². The maximum atomic E-state index is 12.1. The molecule has 1 heterocycles. The number of hydrogen-bond donors (Lipinski definition) is 0. The average Bonchev–Trinajstić information content (AvgIpc) is 2.36. The fourth-order valence-electron chi connectivity index (χ4n) is 2.49. The van der Waals surface area contributed by atoms with Gasteiger partial charge in [-0.15, -0.1) is 0 Å². The molecule has 1 aliphatic carbocycles. The summed E-state index contributed by atoms with van der Waals surface area (Å²) < 4.78 is 1.73. The lowest BCUT2D eigenvalue weighted by Crippen LogP contribution is -2.26. The molecule has 0 spiro atoms. The summed E-state index contributed by atoms with van der Waals surface area (Å²) in [5.41, 5.74) is 2.51. The zero-order chi connectivity index (χ0) is 12.3. The molecule has 17 heavy (non-hydrogen) atoms. The van der Waals surface area contributed by atoms with E-state index in [-0.39, 0.29) is 5.56 Å². The van der Waals surface area contributed by atoms with Crippen molar-refractivity contribution in [3.8, 4) is 6.07 Å². The molecule has 3 heteroatoms. The first-order chi connectivity index (χ1) is 8.27. The topological polar surface area (TPSA) is 45.8 Å². The summed E-state index contributed by atoms with van der Waals surface area (Å²) in [5.74, 6) is 0. The summed E-state index contributed by atoms with van der Waals surface area (Å²) in [5, 5.41) is 9.16. The molecule has 0 atom stereocenters. The molecule has 0 unspecified atom stereocenters. The van der Waals surface area contributed by atoms with E-state index in [2.05, 4.69) is 13.0 Å². The molecule has 0 radical (unpaired) electrons. The number of hydrogen-bond acceptors (Lipinski definition) is 2. The molecule has 0 saturated carbocycles. The van der Waals surface area contributed by atoms with Gasteiger partial charge >= 0.3 is 0 Å². The van der Waals surface area contributed by atoms with Gasteiger partial charge in [-0.2, -0.15) is 5.26 Å². The highest BCUT2D eigenvalue weighted by Gasteiger charge is 2.17. The fourth-order valence-corrected chi connectivity index (χ4v) is 2.49. The van der Waals surface area contributed by atoms with Crippen molar-refractivity contribution in [1.29, 1.82) is 5.26 Å².